The van der Waals surface area contributed by atoms with E-state index >= 15 is 0 Å². The van der Waals surface area contributed by atoms with Crippen molar-refractivity contribution in [3.8, 4) is 0 Å². The van der Waals surface area contributed by atoms with Crippen LogP contribution >= 0.6 is 0 Å². The quantitative estimate of drug-likeness (QED) is 0.653. The predicted molar refractivity (Wildman–Crippen MR) is 94.2 cm³/mol. The van der Waals surface area contributed by atoms with Gasteiger partial charge in [0.25, 0.3) is 0 Å². The molecule has 0 heterocycles. The van der Waals surface area contributed by atoms with Gasteiger partial charge in [-0.1, -0.05) is 12.1 Å². The highest BCUT2D eigenvalue weighted by atomic mass is 16.2. The number of Topliss-reactive ketones (excluding diaryl/α,β-unsaturated/α-hetero) is 1. The zero-order valence-electron chi connectivity index (χ0n) is 14.0. The number of nitrogens with one attached hydrogen (secondary N) is 2. The molecular weight excluding hydrogens is 304 g/mol. The highest BCUT2D eigenvalue weighted by molar-refractivity contribution is 6.08. The molecular formula is C19H20N2O3. The molecule has 2 rings (SSSR count). The number of hydrogen-bond acceptors (Lipinski definition) is 3. The van der Waals surface area contributed by atoms with Crippen molar-refractivity contribution in [2.45, 2.75) is 27.2 Å². The van der Waals surface area contributed by atoms with Gasteiger partial charge in [-0.3, -0.25) is 14.4 Å². The van der Waals surface area contributed by atoms with Crippen LogP contribution in [0, 0.1) is 13.8 Å². The monoisotopic (exact) mass is 324 g/mol. The smallest absolute Gasteiger partial charge is 0.233 e. The van der Waals surface area contributed by atoms with Crippen LogP contribution in [0.4, 0.5) is 11.4 Å². The topological polar surface area (TPSA) is 75.3 Å². The number of benzene rings is 2. The molecule has 0 atom stereocenters. The van der Waals surface area contributed by atoms with Gasteiger partial charge in [0, 0.05) is 16.9 Å². The van der Waals surface area contributed by atoms with E-state index < -0.39 is 5.91 Å². The number of anilines is 2. The number of amides is 2. The summed E-state index contributed by atoms with van der Waals surface area (Å²) in [6.07, 6.45) is -0.276. The minimum absolute atomic E-state index is 0.0409. The summed E-state index contributed by atoms with van der Waals surface area (Å²) in [5.74, 6) is -0.823. The van der Waals surface area contributed by atoms with Gasteiger partial charge in [0.15, 0.2) is 5.78 Å². The van der Waals surface area contributed by atoms with Crippen molar-refractivity contribution in [2.24, 2.45) is 0 Å². The SMILES string of the molecule is CC(=O)c1ccc(NC(=O)CC(=O)Nc2cccc(C)c2C)cc1. The largest absolute Gasteiger partial charge is 0.326 e. The summed E-state index contributed by atoms with van der Waals surface area (Å²) in [5, 5.41) is 5.39. The predicted octanol–water partition coefficient (Wildman–Crippen LogP) is 3.47. The van der Waals surface area contributed by atoms with Gasteiger partial charge in [0.2, 0.25) is 11.8 Å². The standard InChI is InChI=1S/C19H20N2O3/c1-12-5-4-6-17(13(12)2)21-19(24)11-18(23)20-16-9-7-15(8-10-16)14(3)22/h4-10H,11H2,1-3H3,(H,20,23)(H,21,24). The summed E-state index contributed by atoms with van der Waals surface area (Å²) in [4.78, 5) is 35.2. The zero-order valence-corrected chi connectivity index (χ0v) is 14.0. The lowest BCUT2D eigenvalue weighted by Crippen LogP contribution is -2.21. The lowest BCUT2D eigenvalue weighted by atomic mass is 10.1. The van der Waals surface area contributed by atoms with Crippen LogP contribution in [-0.4, -0.2) is 17.6 Å². The van der Waals surface area contributed by atoms with Crippen LogP contribution in [0.25, 0.3) is 0 Å². The van der Waals surface area contributed by atoms with Crippen molar-refractivity contribution in [1.82, 2.24) is 0 Å². The molecule has 24 heavy (non-hydrogen) atoms. The van der Waals surface area contributed by atoms with E-state index in [1.165, 1.54) is 6.92 Å². The molecule has 0 aliphatic heterocycles. The summed E-state index contributed by atoms with van der Waals surface area (Å²) in [7, 11) is 0. The molecule has 124 valence electrons. The van der Waals surface area contributed by atoms with Crippen LogP contribution in [0.3, 0.4) is 0 Å². The molecule has 0 spiro atoms. The van der Waals surface area contributed by atoms with E-state index in [4.69, 9.17) is 0 Å². The van der Waals surface area contributed by atoms with Crippen LogP contribution in [0.15, 0.2) is 42.5 Å². The second-order valence-corrected chi connectivity index (χ2v) is 5.65. The van der Waals surface area contributed by atoms with Gasteiger partial charge < -0.3 is 10.6 Å². The molecule has 0 unspecified atom stereocenters. The van der Waals surface area contributed by atoms with E-state index in [1.54, 1.807) is 30.3 Å². The third-order valence-electron chi connectivity index (χ3n) is 3.78. The van der Waals surface area contributed by atoms with E-state index in [-0.39, 0.29) is 18.1 Å². The molecule has 2 N–H and O–H groups in total. The summed E-state index contributed by atoms with van der Waals surface area (Å²) in [5.41, 5.74) is 3.87. The third-order valence-corrected chi connectivity index (χ3v) is 3.78. The Hall–Kier alpha value is -2.95. The Bertz CT molecular complexity index is 780. The minimum atomic E-state index is -0.409. The van der Waals surface area contributed by atoms with Gasteiger partial charge in [-0.2, -0.15) is 0 Å². The van der Waals surface area contributed by atoms with Crippen LogP contribution in [0.1, 0.15) is 34.8 Å². The van der Waals surface area contributed by atoms with Crippen LogP contribution in [-0.2, 0) is 9.59 Å². The first-order valence-electron chi connectivity index (χ1n) is 7.63. The fourth-order valence-electron chi connectivity index (χ4n) is 2.22. The maximum Gasteiger partial charge on any atom is 0.233 e. The normalized spacial score (nSPS) is 10.1. The van der Waals surface area contributed by atoms with Gasteiger partial charge in [-0.15, -0.1) is 0 Å². The molecule has 0 fully saturated rings. The average Bonchev–Trinajstić information content (AvgIpc) is 2.52. The van der Waals surface area contributed by atoms with E-state index in [9.17, 15) is 14.4 Å². The van der Waals surface area contributed by atoms with Gasteiger partial charge in [0.05, 0.1) is 0 Å². The number of ketones is 1. The van der Waals surface area contributed by atoms with E-state index in [0.29, 0.717) is 16.9 Å². The van der Waals surface area contributed by atoms with Crippen molar-refractivity contribution in [3.05, 3.63) is 59.2 Å². The Morgan fingerprint density at radius 3 is 2.12 bits per heavy atom. The first-order valence-corrected chi connectivity index (χ1v) is 7.63. The fraction of sp³-hybridized carbons (Fsp3) is 0.211. The Balaban J connectivity index is 1.93. The summed E-state index contributed by atoms with van der Waals surface area (Å²) < 4.78 is 0. The molecule has 0 aromatic heterocycles. The van der Waals surface area contributed by atoms with Crippen molar-refractivity contribution >= 4 is 29.0 Å². The number of carbonyl (C=O) groups excluding carboxylic acids is 3. The molecule has 2 amide bonds. The van der Waals surface area contributed by atoms with Crippen molar-refractivity contribution in [1.29, 1.82) is 0 Å². The second kappa shape index (κ2) is 7.55. The van der Waals surface area contributed by atoms with Gasteiger partial charge in [-0.25, -0.2) is 0 Å². The highest BCUT2D eigenvalue weighted by Crippen LogP contribution is 2.18. The average molecular weight is 324 g/mol. The molecule has 0 radical (unpaired) electrons. The molecule has 0 aliphatic rings. The molecule has 0 bridgehead atoms. The lowest BCUT2D eigenvalue weighted by Gasteiger charge is -2.10. The van der Waals surface area contributed by atoms with E-state index in [2.05, 4.69) is 10.6 Å². The Kier molecular flexibility index (Phi) is 5.47. The van der Waals surface area contributed by atoms with Gasteiger partial charge in [0.1, 0.15) is 6.42 Å². The fourth-order valence-corrected chi connectivity index (χ4v) is 2.22. The maximum atomic E-state index is 12.0. The van der Waals surface area contributed by atoms with E-state index in [1.807, 2.05) is 26.0 Å². The maximum absolute atomic E-state index is 12.0. The third kappa shape index (κ3) is 4.52. The first-order chi connectivity index (χ1) is 11.4. The van der Waals surface area contributed by atoms with Crippen LogP contribution < -0.4 is 10.6 Å². The Morgan fingerprint density at radius 1 is 0.875 bits per heavy atom. The Labute approximate surface area is 141 Å². The van der Waals surface area contributed by atoms with Crippen molar-refractivity contribution in [2.75, 3.05) is 10.6 Å². The summed E-state index contributed by atoms with van der Waals surface area (Å²) >= 11 is 0. The Morgan fingerprint density at radius 2 is 1.50 bits per heavy atom. The number of rotatable bonds is 5. The molecule has 0 aliphatic carbocycles. The van der Waals surface area contributed by atoms with Gasteiger partial charge in [-0.05, 0) is 62.2 Å². The zero-order chi connectivity index (χ0) is 17.7. The molecule has 5 heteroatoms. The number of aryl methyl sites for hydroxylation is 1. The molecule has 2 aromatic carbocycles. The van der Waals surface area contributed by atoms with Crippen molar-refractivity contribution in [3.63, 3.8) is 0 Å². The summed E-state index contributed by atoms with van der Waals surface area (Å²) in [6.45, 7) is 5.36. The second-order valence-electron chi connectivity index (χ2n) is 5.65. The van der Waals surface area contributed by atoms with E-state index in [0.717, 1.165) is 11.1 Å². The molecule has 5 nitrogen and oxygen atoms in total. The molecule has 2 aromatic rings. The van der Waals surface area contributed by atoms with Gasteiger partial charge >= 0.3 is 0 Å². The minimum Gasteiger partial charge on any atom is -0.326 e. The van der Waals surface area contributed by atoms with Crippen LogP contribution in [0.2, 0.25) is 0 Å². The lowest BCUT2D eigenvalue weighted by molar-refractivity contribution is -0.123. The molecule has 0 saturated heterocycles. The first kappa shape index (κ1) is 17.4. The summed E-state index contributed by atoms with van der Waals surface area (Å²) in [6, 6.07) is 12.2. The molecule has 0 saturated carbocycles. The number of carbonyl (C=O) groups is 3. The van der Waals surface area contributed by atoms with Crippen molar-refractivity contribution < 1.29 is 14.4 Å². The number of hydrogen-bond donors (Lipinski definition) is 2. The van der Waals surface area contributed by atoms with Crippen LogP contribution in [0.5, 0.6) is 0 Å². The highest BCUT2D eigenvalue weighted by Gasteiger charge is 2.11.